The number of hydrogen-bond donors (Lipinski definition) is 0. The summed E-state index contributed by atoms with van der Waals surface area (Å²) in [5.41, 5.74) is 2.93. The molecule has 4 rings (SSSR count). The van der Waals surface area contributed by atoms with Crippen molar-refractivity contribution in [3.63, 3.8) is 0 Å². The highest BCUT2D eigenvalue weighted by molar-refractivity contribution is 5.75. The molecule has 1 heteroatoms. The number of carbonyl (C=O) groups is 1. The van der Waals surface area contributed by atoms with Crippen LogP contribution in [0, 0.1) is 34.5 Å². The summed E-state index contributed by atoms with van der Waals surface area (Å²) in [4.78, 5) is 11.3. The van der Waals surface area contributed by atoms with Crippen LogP contribution in [-0.4, -0.2) is 5.78 Å². The molecule has 0 amide bonds. The van der Waals surface area contributed by atoms with E-state index in [0.29, 0.717) is 16.6 Å². The van der Waals surface area contributed by atoms with E-state index in [1.165, 1.54) is 64.2 Å². The molecule has 0 aliphatic heterocycles. The first-order chi connectivity index (χ1) is 11.9. The smallest absolute Gasteiger partial charge is 0.129 e. The zero-order valence-electron chi connectivity index (χ0n) is 16.8. The third kappa shape index (κ3) is 2.85. The molecule has 6 atom stereocenters. The Morgan fingerprint density at radius 3 is 2.76 bits per heavy atom. The van der Waals surface area contributed by atoms with Gasteiger partial charge in [-0.1, -0.05) is 31.9 Å². The van der Waals surface area contributed by atoms with E-state index in [4.69, 9.17) is 0 Å². The van der Waals surface area contributed by atoms with Crippen molar-refractivity contribution >= 4 is 5.78 Å². The van der Waals surface area contributed by atoms with Gasteiger partial charge in [0.15, 0.2) is 0 Å². The summed E-state index contributed by atoms with van der Waals surface area (Å²) < 4.78 is 0. The molecule has 1 nitrogen and oxygen atoms in total. The van der Waals surface area contributed by atoms with Crippen LogP contribution >= 0.6 is 0 Å². The van der Waals surface area contributed by atoms with Gasteiger partial charge in [0.05, 0.1) is 0 Å². The minimum atomic E-state index is 0.374. The van der Waals surface area contributed by atoms with Crippen molar-refractivity contribution in [3.8, 4) is 0 Å². The van der Waals surface area contributed by atoms with Gasteiger partial charge in [-0.25, -0.2) is 0 Å². The number of rotatable bonds is 4. The molecule has 6 unspecified atom stereocenters. The lowest BCUT2D eigenvalue weighted by Crippen LogP contribution is -2.49. The van der Waals surface area contributed by atoms with Gasteiger partial charge in [0, 0.05) is 6.42 Å². The zero-order chi connectivity index (χ0) is 17.7. The Hall–Kier alpha value is -0.590. The average Bonchev–Trinajstić information content (AvgIpc) is 2.91. The van der Waals surface area contributed by atoms with Crippen LogP contribution in [0.3, 0.4) is 0 Å². The number of Topliss-reactive ketones (excluding diaryl/α,β-unsaturated/α-hetero) is 1. The molecule has 4 aliphatic rings. The largest absolute Gasteiger partial charge is 0.300 e. The minimum absolute atomic E-state index is 0.374. The molecule has 0 radical (unpaired) electrons. The lowest BCUT2D eigenvalue weighted by atomic mass is 9.47. The van der Waals surface area contributed by atoms with Gasteiger partial charge < -0.3 is 4.79 Å². The van der Waals surface area contributed by atoms with Crippen molar-refractivity contribution in [1.82, 2.24) is 0 Å². The van der Waals surface area contributed by atoms with Gasteiger partial charge in [-0.3, -0.25) is 0 Å². The summed E-state index contributed by atoms with van der Waals surface area (Å²) in [6.45, 7) is 7.00. The van der Waals surface area contributed by atoms with E-state index in [2.05, 4.69) is 19.9 Å². The molecule has 0 bridgehead atoms. The summed E-state index contributed by atoms with van der Waals surface area (Å²) >= 11 is 0. The fourth-order valence-electron chi connectivity index (χ4n) is 7.88. The molecule has 0 N–H and O–H groups in total. The summed E-state index contributed by atoms with van der Waals surface area (Å²) in [7, 11) is 0. The highest BCUT2D eigenvalue weighted by Gasteiger charge is 2.57. The quantitative estimate of drug-likeness (QED) is 0.519. The van der Waals surface area contributed by atoms with Crippen molar-refractivity contribution in [2.24, 2.45) is 34.5 Å². The Labute approximate surface area is 155 Å². The predicted octanol–water partition coefficient (Wildman–Crippen LogP) is 6.71. The van der Waals surface area contributed by atoms with E-state index in [0.717, 1.165) is 36.5 Å². The maximum absolute atomic E-state index is 11.3. The average molecular weight is 343 g/mol. The van der Waals surface area contributed by atoms with E-state index < -0.39 is 0 Å². The summed E-state index contributed by atoms with van der Waals surface area (Å²) in [5.74, 6) is 4.11. The molecule has 140 valence electrons. The molecule has 0 saturated heterocycles. The molecule has 25 heavy (non-hydrogen) atoms. The van der Waals surface area contributed by atoms with E-state index in [-0.39, 0.29) is 0 Å². The number of carbonyl (C=O) groups excluding carboxylic acids is 1. The third-order valence-corrected chi connectivity index (χ3v) is 9.30. The van der Waals surface area contributed by atoms with E-state index in [9.17, 15) is 4.79 Å². The Bertz CT molecular complexity index is 560. The second kappa shape index (κ2) is 6.54. The Morgan fingerprint density at radius 2 is 1.96 bits per heavy atom. The van der Waals surface area contributed by atoms with Crippen LogP contribution < -0.4 is 0 Å². The van der Waals surface area contributed by atoms with Crippen LogP contribution in [0.25, 0.3) is 0 Å². The first-order valence-corrected chi connectivity index (χ1v) is 11.1. The van der Waals surface area contributed by atoms with Crippen molar-refractivity contribution in [3.05, 3.63) is 11.6 Å². The Kier molecular flexibility index (Phi) is 4.66. The van der Waals surface area contributed by atoms with Gasteiger partial charge in [0.25, 0.3) is 0 Å². The second-order valence-corrected chi connectivity index (χ2v) is 10.4. The molecule has 0 heterocycles. The summed E-state index contributed by atoms with van der Waals surface area (Å²) in [6, 6.07) is 0. The zero-order valence-corrected chi connectivity index (χ0v) is 16.8. The number of allylic oxidation sites excluding steroid dienone is 2. The van der Waals surface area contributed by atoms with Crippen LogP contribution in [0.2, 0.25) is 0 Å². The molecule has 0 aromatic heterocycles. The third-order valence-electron chi connectivity index (χ3n) is 9.30. The maximum atomic E-state index is 11.3. The summed E-state index contributed by atoms with van der Waals surface area (Å²) in [5, 5.41) is 0. The van der Waals surface area contributed by atoms with Gasteiger partial charge in [-0.2, -0.15) is 0 Å². The molecule has 4 aliphatic carbocycles. The van der Waals surface area contributed by atoms with Crippen molar-refractivity contribution in [2.75, 3.05) is 0 Å². The SMILES string of the molecule is CC(=O)CCCC1CCC2C3CC=C4CCCCC4(C)C3CCC12C. The first-order valence-electron chi connectivity index (χ1n) is 11.1. The summed E-state index contributed by atoms with van der Waals surface area (Å²) in [6.07, 6.45) is 18.8. The predicted molar refractivity (Wildman–Crippen MR) is 104 cm³/mol. The molecular weight excluding hydrogens is 304 g/mol. The molecule has 3 saturated carbocycles. The fourth-order valence-corrected chi connectivity index (χ4v) is 7.88. The van der Waals surface area contributed by atoms with Gasteiger partial charge in [0.2, 0.25) is 0 Å². The van der Waals surface area contributed by atoms with Crippen LogP contribution in [0.4, 0.5) is 0 Å². The van der Waals surface area contributed by atoms with E-state index >= 15 is 0 Å². The number of fused-ring (bicyclic) bond motifs is 5. The lowest BCUT2D eigenvalue weighted by Gasteiger charge is -2.57. The Balaban J connectivity index is 1.51. The van der Waals surface area contributed by atoms with Gasteiger partial charge in [0.1, 0.15) is 5.78 Å². The van der Waals surface area contributed by atoms with Crippen molar-refractivity contribution in [1.29, 1.82) is 0 Å². The molecular formula is C24H38O. The highest BCUT2D eigenvalue weighted by atomic mass is 16.1. The van der Waals surface area contributed by atoms with Crippen molar-refractivity contribution in [2.45, 2.75) is 97.8 Å². The van der Waals surface area contributed by atoms with Crippen LogP contribution in [0.15, 0.2) is 11.6 Å². The van der Waals surface area contributed by atoms with Gasteiger partial charge >= 0.3 is 0 Å². The van der Waals surface area contributed by atoms with Gasteiger partial charge in [-0.15, -0.1) is 0 Å². The molecule has 3 fully saturated rings. The molecule has 0 aromatic carbocycles. The topological polar surface area (TPSA) is 17.1 Å². The van der Waals surface area contributed by atoms with Crippen molar-refractivity contribution < 1.29 is 4.79 Å². The van der Waals surface area contributed by atoms with Crippen LogP contribution in [0.5, 0.6) is 0 Å². The monoisotopic (exact) mass is 342 g/mol. The van der Waals surface area contributed by atoms with E-state index in [1.54, 1.807) is 6.92 Å². The fraction of sp³-hybridized carbons (Fsp3) is 0.875. The maximum Gasteiger partial charge on any atom is 0.129 e. The molecule has 0 spiro atoms. The lowest BCUT2D eigenvalue weighted by molar-refractivity contribution is -0.117. The standard InChI is InChI=1S/C24H38O/c1-17(25)7-6-9-19-11-13-21-20-12-10-18-8-4-5-15-23(18,2)22(20)14-16-24(19,21)3/h10,19-22H,4-9,11-16H2,1-3H3. The second-order valence-electron chi connectivity index (χ2n) is 10.4. The molecule has 0 aromatic rings. The van der Waals surface area contributed by atoms with Crippen LogP contribution in [-0.2, 0) is 4.79 Å². The number of hydrogen-bond acceptors (Lipinski definition) is 1. The first kappa shape index (κ1) is 17.8. The van der Waals surface area contributed by atoms with E-state index in [1.807, 2.05) is 5.57 Å². The number of ketones is 1. The van der Waals surface area contributed by atoms with Gasteiger partial charge in [-0.05, 0) is 106 Å². The normalized spacial score (nSPS) is 46.0. The highest BCUT2D eigenvalue weighted by Crippen LogP contribution is 2.66. The van der Waals surface area contributed by atoms with Crippen LogP contribution in [0.1, 0.15) is 97.8 Å². The Morgan fingerprint density at radius 1 is 1.12 bits per heavy atom. The minimum Gasteiger partial charge on any atom is -0.300 e.